The van der Waals surface area contributed by atoms with Crippen molar-refractivity contribution >= 4 is 5.91 Å². The molecule has 1 fully saturated rings. The van der Waals surface area contributed by atoms with E-state index in [-0.39, 0.29) is 18.1 Å². The smallest absolute Gasteiger partial charge is 0.251 e. The minimum atomic E-state index is -0.415. The molecule has 0 aliphatic carbocycles. The first kappa shape index (κ1) is 17.8. The first-order valence-electron chi connectivity index (χ1n) is 9.10. The summed E-state index contributed by atoms with van der Waals surface area (Å²) in [5.41, 5.74) is 1.95. The van der Waals surface area contributed by atoms with E-state index >= 15 is 0 Å². The van der Waals surface area contributed by atoms with E-state index in [1.807, 2.05) is 18.2 Å². The number of fused-ring (bicyclic) bond motifs is 1. The van der Waals surface area contributed by atoms with E-state index in [2.05, 4.69) is 5.32 Å². The van der Waals surface area contributed by atoms with Gasteiger partial charge >= 0.3 is 0 Å². The van der Waals surface area contributed by atoms with Crippen molar-refractivity contribution in [2.45, 2.75) is 25.2 Å². The van der Waals surface area contributed by atoms with Gasteiger partial charge in [-0.1, -0.05) is 12.1 Å². The number of halogens is 1. The van der Waals surface area contributed by atoms with Crippen LogP contribution in [0.15, 0.2) is 36.4 Å². The molecule has 2 heterocycles. The van der Waals surface area contributed by atoms with Crippen molar-refractivity contribution < 1.29 is 23.4 Å². The minimum Gasteiger partial charge on any atom is -0.454 e. The summed E-state index contributed by atoms with van der Waals surface area (Å²) in [6.45, 7) is 3.73. The normalized spacial score (nSPS) is 17.6. The topological polar surface area (TPSA) is 56.8 Å². The molecule has 0 atom stereocenters. The SMILES string of the molecule is Cc1ccc(F)cc1C(=O)NCC1(c2ccc3c(c2)OCO3)CCOCC1. The molecule has 142 valence electrons. The molecular weight excluding hydrogens is 349 g/mol. The number of benzene rings is 2. The fourth-order valence-electron chi connectivity index (χ4n) is 3.74. The van der Waals surface area contributed by atoms with Crippen LogP contribution in [0.4, 0.5) is 4.39 Å². The van der Waals surface area contributed by atoms with Crippen molar-refractivity contribution in [3.05, 3.63) is 58.9 Å². The Kier molecular flexibility index (Phi) is 4.74. The Bertz CT molecular complexity index is 861. The molecule has 4 rings (SSSR count). The highest BCUT2D eigenvalue weighted by Gasteiger charge is 2.36. The highest BCUT2D eigenvalue weighted by atomic mass is 19.1. The third-order valence-corrected chi connectivity index (χ3v) is 5.47. The van der Waals surface area contributed by atoms with Gasteiger partial charge in [-0.15, -0.1) is 0 Å². The van der Waals surface area contributed by atoms with Crippen LogP contribution in [0.5, 0.6) is 11.5 Å². The van der Waals surface area contributed by atoms with Crippen LogP contribution < -0.4 is 14.8 Å². The molecular formula is C21H22FNO4. The van der Waals surface area contributed by atoms with Gasteiger partial charge in [-0.25, -0.2) is 4.39 Å². The lowest BCUT2D eigenvalue weighted by Gasteiger charge is -2.38. The average molecular weight is 371 g/mol. The first-order valence-corrected chi connectivity index (χ1v) is 9.10. The molecule has 0 bridgehead atoms. The number of carbonyl (C=O) groups is 1. The van der Waals surface area contributed by atoms with Crippen molar-refractivity contribution in [3.63, 3.8) is 0 Å². The van der Waals surface area contributed by atoms with Crippen molar-refractivity contribution in [3.8, 4) is 11.5 Å². The molecule has 0 radical (unpaired) electrons. The van der Waals surface area contributed by atoms with Gasteiger partial charge in [0.25, 0.3) is 5.91 Å². The molecule has 0 spiro atoms. The van der Waals surface area contributed by atoms with Crippen LogP contribution >= 0.6 is 0 Å². The summed E-state index contributed by atoms with van der Waals surface area (Å²) in [5.74, 6) is 0.784. The van der Waals surface area contributed by atoms with Gasteiger partial charge < -0.3 is 19.5 Å². The van der Waals surface area contributed by atoms with Crippen LogP contribution in [0.3, 0.4) is 0 Å². The van der Waals surface area contributed by atoms with Gasteiger partial charge in [-0.2, -0.15) is 0 Å². The van der Waals surface area contributed by atoms with Crippen LogP contribution in [0.25, 0.3) is 0 Å². The predicted octanol–water partition coefficient (Wildman–Crippen LogP) is 3.34. The monoisotopic (exact) mass is 371 g/mol. The summed E-state index contributed by atoms with van der Waals surface area (Å²) in [7, 11) is 0. The Morgan fingerprint density at radius 2 is 1.89 bits per heavy atom. The van der Waals surface area contributed by atoms with Crippen LogP contribution in [0.2, 0.25) is 0 Å². The predicted molar refractivity (Wildman–Crippen MR) is 97.8 cm³/mol. The van der Waals surface area contributed by atoms with Gasteiger partial charge in [-0.05, 0) is 55.2 Å². The molecule has 5 nitrogen and oxygen atoms in total. The van der Waals surface area contributed by atoms with Crippen LogP contribution in [-0.2, 0) is 10.2 Å². The number of carbonyl (C=O) groups excluding carboxylic acids is 1. The van der Waals surface area contributed by atoms with Gasteiger partial charge in [0.05, 0.1) is 0 Å². The molecule has 0 aromatic heterocycles. The summed E-state index contributed by atoms with van der Waals surface area (Å²) >= 11 is 0. The van der Waals surface area contributed by atoms with E-state index in [4.69, 9.17) is 14.2 Å². The van der Waals surface area contributed by atoms with Crippen molar-refractivity contribution in [2.75, 3.05) is 26.6 Å². The number of hydrogen-bond donors (Lipinski definition) is 1. The second-order valence-corrected chi connectivity index (χ2v) is 7.10. The van der Waals surface area contributed by atoms with Gasteiger partial charge in [0, 0.05) is 30.7 Å². The van der Waals surface area contributed by atoms with Crippen molar-refractivity contribution in [2.24, 2.45) is 0 Å². The van der Waals surface area contributed by atoms with Crippen LogP contribution in [0, 0.1) is 12.7 Å². The number of nitrogens with one attached hydrogen (secondary N) is 1. The lowest BCUT2D eigenvalue weighted by Crippen LogP contribution is -2.44. The largest absolute Gasteiger partial charge is 0.454 e. The molecule has 6 heteroatoms. The van der Waals surface area contributed by atoms with E-state index < -0.39 is 5.82 Å². The van der Waals surface area contributed by atoms with Crippen molar-refractivity contribution in [1.29, 1.82) is 0 Å². The maximum atomic E-state index is 13.5. The molecule has 1 N–H and O–H groups in total. The lowest BCUT2D eigenvalue weighted by molar-refractivity contribution is 0.0486. The standard InChI is InChI=1S/C21H22FNO4/c1-14-2-4-16(22)11-17(14)20(24)23-12-21(6-8-25-9-7-21)15-3-5-18-19(10-15)27-13-26-18/h2-5,10-11H,6-9,12-13H2,1H3,(H,23,24). The van der Waals surface area contributed by atoms with Crippen molar-refractivity contribution in [1.82, 2.24) is 5.32 Å². The summed E-state index contributed by atoms with van der Waals surface area (Å²) in [6, 6.07) is 10.2. The zero-order valence-electron chi connectivity index (χ0n) is 15.2. The van der Waals surface area contributed by atoms with E-state index in [1.54, 1.807) is 13.0 Å². The zero-order valence-corrected chi connectivity index (χ0v) is 15.2. The molecule has 2 aromatic carbocycles. The second kappa shape index (κ2) is 7.19. The van der Waals surface area contributed by atoms with Gasteiger partial charge in [0.15, 0.2) is 11.5 Å². The summed E-state index contributed by atoms with van der Waals surface area (Å²) in [6.07, 6.45) is 1.57. The molecule has 2 aliphatic heterocycles. The zero-order chi connectivity index (χ0) is 18.9. The Balaban J connectivity index is 1.57. The molecule has 0 saturated carbocycles. The maximum absolute atomic E-state index is 13.5. The van der Waals surface area contributed by atoms with E-state index in [0.29, 0.717) is 25.3 Å². The average Bonchev–Trinajstić information content (AvgIpc) is 3.16. The third kappa shape index (κ3) is 3.49. The summed E-state index contributed by atoms with van der Waals surface area (Å²) < 4.78 is 30.0. The van der Waals surface area contributed by atoms with Gasteiger partial charge in [-0.3, -0.25) is 4.79 Å². The second-order valence-electron chi connectivity index (χ2n) is 7.10. The number of aryl methyl sites for hydroxylation is 1. The highest BCUT2D eigenvalue weighted by molar-refractivity contribution is 5.95. The fraction of sp³-hybridized carbons (Fsp3) is 0.381. The number of rotatable bonds is 4. The Hall–Kier alpha value is -2.60. The molecule has 2 aliphatic rings. The number of ether oxygens (including phenoxy) is 3. The summed E-state index contributed by atoms with van der Waals surface area (Å²) in [4.78, 5) is 12.7. The van der Waals surface area contributed by atoms with E-state index in [9.17, 15) is 9.18 Å². The fourth-order valence-corrected chi connectivity index (χ4v) is 3.74. The molecule has 0 unspecified atom stereocenters. The number of amides is 1. The molecule has 1 saturated heterocycles. The number of hydrogen-bond acceptors (Lipinski definition) is 4. The Labute approximate surface area is 157 Å². The lowest BCUT2D eigenvalue weighted by atomic mass is 9.74. The van der Waals surface area contributed by atoms with E-state index in [0.717, 1.165) is 35.5 Å². The Morgan fingerprint density at radius 1 is 1.11 bits per heavy atom. The third-order valence-electron chi connectivity index (χ3n) is 5.47. The van der Waals surface area contributed by atoms with E-state index in [1.165, 1.54) is 12.1 Å². The van der Waals surface area contributed by atoms with Crippen LogP contribution in [0.1, 0.15) is 34.3 Å². The first-order chi connectivity index (χ1) is 13.1. The Morgan fingerprint density at radius 3 is 2.70 bits per heavy atom. The quantitative estimate of drug-likeness (QED) is 0.896. The molecule has 27 heavy (non-hydrogen) atoms. The molecule has 2 aromatic rings. The maximum Gasteiger partial charge on any atom is 0.251 e. The highest BCUT2D eigenvalue weighted by Crippen LogP contribution is 2.40. The van der Waals surface area contributed by atoms with Gasteiger partial charge in [0.1, 0.15) is 5.82 Å². The van der Waals surface area contributed by atoms with Gasteiger partial charge in [0.2, 0.25) is 6.79 Å². The van der Waals surface area contributed by atoms with Crippen LogP contribution in [-0.4, -0.2) is 32.5 Å². The minimum absolute atomic E-state index is 0.227. The molecule has 1 amide bonds. The summed E-state index contributed by atoms with van der Waals surface area (Å²) in [5, 5.41) is 3.01.